The molecule has 1 unspecified atom stereocenters. The third kappa shape index (κ3) is 6.44. The van der Waals surface area contributed by atoms with Crippen LogP contribution in [0.15, 0.2) is 39.3 Å². The molecule has 0 aliphatic rings. The molecule has 1 heterocycles. The zero-order valence-corrected chi connectivity index (χ0v) is 18.6. The third-order valence-electron chi connectivity index (χ3n) is 4.11. The van der Waals surface area contributed by atoms with Gasteiger partial charge in [0.1, 0.15) is 5.82 Å². The van der Waals surface area contributed by atoms with Crippen molar-refractivity contribution in [1.29, 1.82) is 0 Å². The molecule has 2 rings (SSSR count). The van der Waals surface area contributed by atoms with Gasteiger partial charge in [-0.1, -0.05) is 6.92 Å². The Morgan fingerprint density at radius 1 is 1.33 bits per heavy atom. The van der Waals surface area contributed by atoms with Crippen LogP contribution in [0.2, 0.25) is 0 Å². The van der Waals surface area contributed by atoms with Crippen LogP contribution in [-0.4, -0.2) is 42.9 Å². The highest BCUT2D eigenvalue weighted by Gasteiger charge is 2.23. The normalized spacial score (nSPS) is 14.9. The lowest BCUT2D eigenvalue weighted by atomic mass is 10.0. The number of hydrogen-bond donors (Lipinski definition) is 3. The summed E-state index contributed by atoms with van der Waals surface area (Å²) in [6, 6.07) is 7.06. The van der Waals surface area contributed by atoms with Gasteiger partial charge in [0, 0.05) is 33.6 Å². The maximum absolute atomic E-state index is 12.1. The quantitative estimate of drug-likeness (QED) is 0.575. The van der Waals surface area contributed by atoms with Crippen molar-refractivity contribution in [2.75, 3.05) is 22.6 Å². The molecule has 2 atom stereocenters. The molecule has 0 bridgehead atoms. The van der Waals surface area contributed by atoms with Gasteiger partial charge in [0.15, 0.2) is 0 Å². The van der Waals surface area contributed by atoms with Crippen LogP contribution in [0.3, 0.4) is 0 Å². The van der Waals surface area contributed by atoms with E-state index in [1.807, 2.05) is 26.0 Å². The molecule has 0 saturated carbocycles. The van der Waals surface area contributed by atoms with Crippen molar-refractivity contribution in [3.05, 3.63) is 34.9 Å². The Bertz CT molecular complexity index is 903. The molecule has 0 radical (unpaired) electrons. The second-order valence-corrected chi connectivity index (χ2v) is 10.5. The molecule has 0 saturated heterocycles. The van der Waals surface area contributed by atoms with E-state index in [2.05, 4.69) is 40.9 Å². The zero-order valence-electron chi connectivity index (χ0n) is 16.2. The predicted octanol–water partition coefficient (Wildman–Crippen LogP) is 4.30. The fraction of sp³-hybridized carbons (Fsp3) is 0.444. The molecule has 0 fully saturated rings. The summed E-state index contributed by atoms with van der Waals surface area (Å²) in [5.41, 5.74) is 0.568. The summed E-state index contributed by atoms with van der Waals surface area (Å²) in [5.74, 6) is 1.52. The lowest BCUT2D eigenvalue weighted by Crippen LogP contribution is -2.39. The second-order valence-electron chi connectivity index (χ2n) is 6.92. The minimum absolute atomic E-state index is 0.208. The Balaban J connectivity index is 2.17. The smallest absolute Gasteiger partial charge is 0.229 e. The predicted molar refractivity (Wildman–Crippen MR) is 116 cm³/mol. The van der Waals surface area contributed by atoms with Crippen LogP contribution in [0.4, 0.5) is 23.1 Å². The van der Waals surface area contributed by atoms with Gasteiger partial charge in [0.25, 0.3) is 0 Å². The largest absolute Gasteiger partial charge is 0.388 e. The van der Waals surface area contributed by atoms with E-state index in [1.165, 1.54) is 0 Å². The molecule has 7 nitrogen and oxygen atoms in total. The molecule has 148 valence electrons. The standard InChI is InChI=1S/C18H26BrN5O2S/c1-6-27(5,26)24-14-9-7-13(8-10-14)22-17-20-11-15(19)16(23-17)21-12(2)18(3,4)25/h7-12,25H,6H2,1-5H3,(H2,20,21,22,23)/t12-,27?/m1/s1. The topological polar surface area (TPSA) is 99.5 Å². The van der Waals surface area contributed by atoms with Crippen LogP contribution in [0.25, 0.3) is 0 Å². The molecule has 0 aliphatic heterocycles. The van der Waals surface area contributed by atoms with E-state index in [0.717, 1.165) is 5.69 Å². The minimum atomic E-state index is -2.18. The van der Waals surface area contributed by atoms with Crippen LogP contribution in [0, 0.1) is 0 Å². The van der Waals surface area contributed by atoms with Gasteiger partial charge in [-0.2, -0.15) is 9.35 Å². The summed E-state index contributed by atoms with van der Waals surface area (Å²) in [4.78, 5) is 8.71. The molecule has 1 aromatic heterocycles. The Morgan fingerprint density at radius 3 is 2.52 bits per heavy atom. The molecule has 3 N–H and O–H groups in total. The Kier molecular flexibility index (Phi) is 6.82. The highest BCUT2D eigenvalue weighted by atomic mass is 79.9. The number of rotatable bonds is 7. The third-order valence-corrected chi connectivity index (χ3v) is 6.36. The molecule has 0 amide bonds. The SMILES string of the molecule is CCS(C)(=O)=Nc1ccc(Nc2ncc(Br)c(N[C@H](C)C(C)(C)O)n2)cc1. The fourth-order valence-electron chi connectivity index (χ4n) is 1.93. The first kappa shape index (κ1) is 21.6. The number of nitrogens with one attached hydrogen (secondary N) is 2. The van der Waals surface area contributed by atoms with Crippen molar-refractivity contribution < 1.29 is 9.32 Å². The Labute approximate surface area is 169 Å². The lowest BCUT2D eigenvalue weighted by molar-refractivity contribution is 0.0647. The van der Waals surface area contributed by atoms with E-state index >= 15 is 0 Å². The molecule has 0 spiro atoms. The van der Waals surface area contributed by atoms with Gasteiger partial charge in [-0.25, -0.2) is 9.19 Å². The summed E-state index contributed by atoms with van der Waals surface area (Å²) in [7, 11) is -2.18. The van der Waals surface area contributed by atoms with Crippen LogP contribution in [0.5, 0.6) is 0 Å². The highest BCUT2D eigenvalue weighted by molar-refractivity contribution is 9.10. The van der Waals surface area contributed by atoms with Crippen molar-refractivity contribution in [1.82, 2.24) is 9.97 Å². The first-order chi connectivity index (χ1) is 12.5. The van der Waals surface area contributed by atoms with Crippen molar-refractivity contribution >= 4 is 48.8 Å². The van der Waals surface area contributed by atoms with Gasteiger partial charge < -0.3 is 15.7 Å². The number of anilines is 3. The Hall–Kier alpha value is -1.71. The van der Waals surface area contributed by atoms with Gasteiger partial charge >= 0.3 is 0 Å². The first-order valence-electron chi connectivity index (χ1n) is 8.58. The average Bonchev–Trinajstić information content (AvgIpc) is 2.58. The molecular weight excluding hydrogens is 430 g/mol. The van der Waals surface area contributed by atoms with E-state index in [4.69, 9.17) is 0 Å². The van der Waals surface area contributed by atoms with Crippen molar-refractivity contribution in [3.63, 3.8) is 0 Å². The highest BCUT2D eigenvalue weighted by Crippen LogP contribution is 2.25. The minimum Gasteiger partial charge on any atom is -0.388 e. The number of nitrogens with zero attached hydrogens (tertiary/aromatic N) is 3. The van der Waals surface area contributed by atoms with Gasteiger partial charge in [-0.15, -0.1) is 0 Å². The molecular formula is C18H26BrN5O2S. The average molecular weight is 456 g/mol. The number of halogens is 1. The summed E-state index contributed by atoms with van der Waals surface area (Å²) in [5, 5.41) is 16.4. The van der Waals surface area contributed by atoms with Crippen molar-refractivity contribution in [3.8, 4) is 0 Å². The van der Waals surface area contributed by atoms with Crippen molar-refractivity contribution in [2.45, 2.75) is 39.3 Å². The summed E-state index contributed by atoms with van der Waals surface area (Å²) in [6.45, 7) is 7.21. The van der Waals surface area contributed by atoms with Gasteiger partial charge in [-0.3, -0.25) is 0 Å². The van der Waals surface area contributed by atoms with Crippen LogP contribution in [0.1, 0.15) is 27.7 Å². The Morgan fingerprint density at radius 2 is 1.96 bits per heavy atom. The van der Waals surface area contributed by atoms with E-state index in [0.29, 0.717) is 27.7 Å². The monoisotopic (exact) mass is 455 g/mol. The number of hydrogen-bond acceptors (Lipinski definition) is 7. The van der Waals surface area contributed by atoms with E-state index < -0.39 is 15.3 Å². The number of aromatic nitrogens is 2. The van der Waals surface area contributed by atoms with Crippen LogP contribution in [-0.2, 0) is 9.73 Å². The molecule has 9 heteroatoms. The fourth-order valence-corrected chi connectivity index (χ4v) is 2.93. The number of benzene rings is 1. The summed E-state index contributed by atoms with van der Waals surface area (Å²) < 4.78 is 17.1. The molecule has 1 aromatic carbocycles. The van der Waals surface area contributed by atoms with E-state index in [-0.39, 0.29) is 6.04 Å². The summed E-state index contributed by atoms with van der Waals surface area (Å²) in [6.07, 6.45) is 3.30. The maximum Gasteiger partial charge on any atom is 0.229 e. The number of aliphatic hydroxyl groups is 1. The lowest BCUT2D eigenvalue weighted by Gasteiger charge is -2.27. The molecule has 0 aliphatic carbocycles. The van der Waals surface area contributed by atoms with Gasteiger partial charge in [-0.05, 0) is 61.0 Å². The summed E-state index contributed by atoms with van der Waals surface area (Å²) >= 11 is 3.42. The second kappa shape index (κ2) is 8.53. The van der Waals surface area contributed by atoms with Gasteiger partial charge in [0.05, 0.1) is 21.8 Å². The van der Waals surface area contributed by atoms with Gasteiger partial charge in [0.2, 0.25) is 5.95 Å². The molecule has 27 heavy (non-hydrogen) atoms. The first-order valence-corrected chi connectivity index (χ1v) is 11.5. The van der Waals surface area contributed by atoms with E-state index in [1.54, 1.807) is 38.4 Å². The zero-order chi connectivity index (χ0) is 20.2. The van der Waals surface area contributed by atoms with Crippen LogP contribution >= 0.6 is 15.9 Å². The molecule has 2 aromatic rings. The van der Waals surface area contributed by atoms with E-state index in [9.17, 15) is 9.32 Å². The van der Waals surface area contributed by atoms with Crippen molar-refractivity contribution in [2.24, 2.45) is 4.36 Å². The van der Waals surface area contributed by atoms with Crippen LogP contribution < -0.4 is 10.6 Å². The maximum atomic E-state index is 12.1.